The molecule has 0 unspecified atom stereocenters. The van der Waals surface area contributed by atoms with Crippen LogP contribution in [0.3, 0.4) is 0 Å². The third-order valence-corrected chi connectivity index (χ3v) is 3.25. The smallest absolute Gasteiger partial charge is 0.179 e. The SMILES string of the molecule is CN(C)c1ccc2[nH]c(COc3cccc(Cl)c3)nc2n1. The molecule has 0 aliphatic heterocycles. The van der Waals surface area contributed by atoms with E-state index in [2.05, 4.69) is 15.0 Å². The minimum absolute atomic E-state index is 0.341. The number of ether oxygens (including phenoxy) is 1. The molecule has 0 spiro atoms. The van der Waals surface area contributed by atoms with Gasteiger partial charge in [-0.3, -0.25) is 0 Å². The maximum Gasteiger partial charge on any atom is 0.179 e. The molecule has 21 heavy (non-hydrogen) atoms. The van der Waals surface area contributed by atoms with Gasteiger partial charge in [0.25, 0.3) is 0 Å². The number of anilines is 1. The number of nitrogens with one attached hydrogen (secondary N) is 1. The van der Waals surface area contributed by atoms with Crippen molar-refractivity contribution in [2.45, 2.75) is 6.61 Å². The van der Waals surface area contributed by atoms with Gasteiger partial charge in [0.15, 0.2) is 5.65 Å². The topological polar surface area (TPSA) is 54.0 Å². The first-order valence-corrected chi connectivity index (χ1v) is 6.91. The molecule has 108 valence electrons. The number of rotatable bonds is 4. The Bertz CT molecular complexity index is 769. The minimum Gasteiger partial charge on any atom is -0.486 e. The first kappa shape index (κ1) is 13.7. The van der Waals surface area contributed by atoms with Crippen molar-refractivity contribution in [3.63, 3.8) is 0 Å². The molecule has 0 saturated carbocycles. The Morgan fingerprint density at radius 2 is 2.05 bits per heavy atom. The van der Waals surface area contributed by atoms with Crippen molar-refractivity contribution in [3.05, 3.63) is 47.2 Å². The number of aromatic nitrogens is 3. The summed E-state index contributed by atoms with van der Waals surface area (Å²) in [7, 11) is 3.90. The van der Waals surface area contributed by atoms with Gasteiger partial charge in [0.2, 0.25) is 0 Å². The van der Waals surface area contributed by atoms with Gasteiger partial charge in [-0.2, -0.15) is 0 Å². The first-order chi connectivity index (χ1) is 10.1. The second-order valence-corrected chi connectivity index (χ2v) is 5.30. The summed E-state index contributed by atoms with van der Waals surface area (Å²) in [6.45, 7) is 0.341. The van der Waals surface area contributed by atoms with Gasteiger partial charge in [0.1, 0.15) is 24.0 Å². The highest BCUT2D eigenvalue weighted by Crippen LogP contribution is 2.19. The number of fused-ring (bicyclic) bond motifs is 1. The summed E-state index contributed by atoms with van der Waals surface area (Å²) in [6, 6.07) is 11.2. The molecule has 0 atom stereocenters. The van der Waals surface area contributed by atoms with E-state index in [1.807, 2.05) is 49.3 Å². The molecule has 6 heteroatoms. The summed E-state index contributed by atoms with van der Waals surface area (Å²) in [5.74, 6) is 2.31. The fraction of sp³-hybridized carbons (Fsp3) is 0.200. The van der Waals surface area contributed by atoms with Crippen LogP contribution in [0, 0.1) is 0 Å². The van der Waals surface area contributed by atoms with Crippen molar-refractivity contribution in [2.75, 3.05) is 19.0 Å². The summed E-state index contributed by atoms with van der Waals surface area (Å²) in [4.78, 5) is 14.1. The van der Waals surface area contributed by atoms with Gasteiger partial charge in [-0.1, -0.05) is 17.7 Å². The van der Waals surface area contributed by atoms with Crippen molar-refractivity contribution in [2.24, 2.45) is 0 Å². The van der Waals surface area contributed by atoms with Crippen molar-refractivity contribution in [1.82, 2.24) is 15.0 Å². The van der Waals surface area contributed by atoms with Gasteiger partial charge in [-0.15, -0.1) is 0 Å². The van der Waals surface area contributed by atoms with Gasteiger partial charge >= 0.3 is 0 Å². The number of benzene rings is 1. The third kappa shape index (κ3) is 3.08. The van der Waals surface area contributed by atoms with Crippen LogP contribution in [0.25, 0.3) is 11.2 Å². The predicted octanol–water partition coefficient (Wildman–Crippen LogP) is 3.26. The van der Waals surface area contributed by atoms with Crippen molar-refractivity contribution in [1.29, 1.82) is 0 Å². The number of halogens is 1. The van der Waals surface area contributed by atoms with Crippen molar-refractivity contribution in [3.8, 4) is 5.75 Å². The summed E-state index contributed by atoms with van der Waals surface area (Å²) in [6.07, 6.45) is 0. The summed E-state index contributed by atoms with van der Waals surface area (Å²) in [5, 5.41) is 0.648. The quantitative estimate of drug-likeness (QED) is 0.804. The molecule has 0 radical (unpaired) electrons. The van der Waals surface area contributed by atoms with Gasteiger partial charge in [-0.25, -0.2) is 9.97 Å². The molecule has 0 aliphatic rings. The molecule has 1 aromatic carbocycles. The van der Waals surface area contributed by atoms with E-state index in [1.54, 1.807) is 6.07 Å². The molecular weight excluding hydrogens is 288 g/mol. The van der Waals surface area contributed by atoms with Crippen LogP contribution in [0.1, 0.15) is 5.82 Å². The molecular formula is C15H15ClN4O. The van der Waals surface area contributed by atoms with Crippen LogP contribution in [0.2, 0.25) is 5.02 Å². The predicted molar refractivity (Wildman–Crippen MR) is 84.0 cm³/mol. The monoisotopic (exact) mass is 302 g/mol. The van der Waals surface area contributed by atoms with E-state index in [1.165, 1.54) is 0 Å². The Morgan fingerprint density at radius 3 is 2.81 bits per heavy atom. The zero-order valence-corrected chi connectivity index (χ0v) is 12.6. The molecule has 1 N–H and O–H groups in total. The molecule has 3 rings (SSSR count). The average molecular weight is 303 g/mol. The van der Waals surface area contributed by atoms with Crippen LogP contribution in [-0.2, 0) is 6.61 Å². The lowest BCUT2D eigenvalue weighted by Crippen LogP contribution is -2.10. The number of imidazole rings is 1. The maximum absolute atomic E-state index is 5.92. The van der Waals surface area contributed by atoms with Gasteiger partial charge in [0.05, 0.1) is 5.52 Å². The van der Waals surface area contributed by atoms with Gasteiger partial charge < -0.3 is 14.6 Å². The van der Waals surface area contributed by atoms with Gasteiger partial charge in [-0.05, 0) is 30.3 Å². The van der Waals surface area contributed by atoms with E-state index in [9.17, 15) is 0 Å². The zero-order chi connectivity index (χ0) is 14.8. The maximum atomic E-state index is 5.92. The van der Waals surface area contributed by atoms with Crippen LogP contribution in [0.5, 0.6) is 5.75 Å². The Labute approximate surface area is 127 Å². The molecule has 0 bridgehead atoms. The fourth-order valence-corrected chi connectivity index (χ4v) is 2.14. The summed E-state index contributed by atoms with van der Waals surface area (Å²) >= 11 is 5.92. The Kier molecular flexibility index (Phi) is 3.66. The van der Waals surface area contributed by atoms with E-state index in [0.717, 1.165) is 17.2 Å². The first-order valence-electron chi connectivity index (χ1n) is 6.53. The van der Waals surface area contributed by atoms with Gasteiger partial charge in [0, 0.05) is 19.1 Å². The fourth-order valence-electron chi connectivity index (χ4n) is 1.96. The van der Waals surface area contributed by atoms with Crippen LogP contribution in [0.15, 0.2) is 36.4 Å². The lowest BCUT2D eigenvalue weighted by molar-refractivity contribution is 0.297. The number of pyridine rings is 1. The molecule has 2 aromatic heterocycles. The normalized spacial score (nSPS) is 10.8. The molecule has 0 fully saturated rings. The van der Waals surface area contributed by atoms with Crippen LogP contribution in [0.4, 0.5) is 5.82 Å². The highest BCUT2D eigenvalue weighted by Gasteiger charge is 2.07. The lowest BCUT2D eigenvalue weighted by atomic mass is 10.3. The highest BCUT2D eigenvalue weighted by atomic mass is 35.5. The number of H-pyrrole nitrogens is 1. The minimum atomic E-state index is 0.341. The van der Waals surface area contributed by atoms with Crippen LogP contribution < -0.4 is 9.64 Å². The molecule has 0 amide bonds. The van der Waals surface area contributed by atoms with E-state index >= 15 is 0 Å². The molecule has 5 nitrogen and oxygen atoms in total. The lowest BCUT2D eigenvalue weighted by Gasteiger charge is -2.09. The van der Waals surface area contributed by atoms with Crippen LogP contribution in [-0.4, -0.2) is 29.0 Å². The molecule has 2 heterocycles. The molecule has 3 aromatic rings. The summed E-state index contributed by atoms with van der Waals surface area (Å²) in [5.41, 5.74) is 1.58. The Balaban J connectivity index is 1.78. The highest BCUT2D eigenvalue weighted by molar-refractivity contribution is 6.30. The Hall–Kier alpha value is -2.27. The van der Waals surface area contributed by atoms with Crippen molar-refractivity contribution >= 4 is 28.6 Å². The van der Waals surface area contributed by atoms with Crippen molar-refractivity contribution < 1.29 is 4.74 Å². The third-order valence-electron chi connectivity index (χ3n) is 3.01. The number of hydrogen-bond acceptors (Lipinski definition) is 4. The standard InChI is InChI=1S/C15H15ClN4O/c1-20(2)14-7-6-12-15(19-14)18-13(17-12)9-21-11-5-3-4-10(16)8-11/h3-8H,9H2,1-2H3,(H,17,18,19). The average Bonchev–Trinajstić information content (AvgIpc) is 2.87. The largest absolute Gasteiger partial charge is 0.486 e. The molecule has 0 saturated heterocycles. The second kappa shape index (κ2) is 5.61. The van der Waals surface area contributed by atoms with E-state index in [4.69, 9.17) is 16.3 Å². The second-order valence-electron chi connectivity index (χ2n) is 4.86. The van der Waals surface area contributed by atoms with E-state index in [0.29, 0.717) is 23.0 Å². The summed E-state index contributed by atoms with van der Waals surface area (Å²) < 4.78 is 5.66. The molecule has 0 aliphatic carbocycles. The Morgan fingerprint density at radius 1 is 1.19 bits per heavy atom. The van der Waals surface area contributed by atoms with E-state index in [-0.39, 0.29) is 0 Å². The van der Waals surface area contributed by atoms with Crippen LogP contribution >= 0.6 is 11.6 Å². The number of hydrogen-bond donors (Lipinski definition) is 1. The zero-order valence-electron chi connectivity index (χ0n) is 11.8. The number of aromatic amines is 1. The van der Waals surface area contributed by atoms with E-state index < -0.39 is 0 Å². The number of nitrogens with zero attached hydrogens (tertiary/aromatic N) is 3.